The van der Waals surface area contributed by atoms with Gasteiger partial charge in [-0.3, -0.25) is 9.89 Å². The van der Waals surface area contributed by atoms with E-state index in [-0.39, 0.29) is 17.4 Å². The Kier molecular flexibility index (Phi) is 4.88. The molecule has 1 aliphatic heterocycles. The number of benzene rings is 2. The zero-order valence-electron chi connectivity index (χ0n) is 16.3. The molecule has 2 aromatic carbocycles. The van der Waals surface area contributed by atoms with Crippen molar-refractivity contribution >= 4 is 5.91 Å². The van der Waals surface area contributed by atoms with Gasteiger partial charge in [-0.1, -0.05) is 31.5 Å². The van der Waals surface area contributed by atoms with Crippen LogP contribution in [-0.2, 0) is 0 Å². The number of hydrogen-bond donors (Lipinski definition) is 3. The number of carbonyl (C=O) groups is 1. The summed E-state index contributed by atoms with van der Waals surface area (Å²) in [6.45, 7) is 2.67. The van der Waals surface area contributed by atoms with Crippen molar-refractivity contribution in [3.05, 3.63) is 59.3 Å². The molecule has 0 saturated carbocycles. The van der Waals surface area contributed by atoms with Gasteiger partial charge >= 0.3 is 0 Å². The molecular weight excluding hydrogens is 370 g/mol. The number of nitrogens with zero attached hydrogens (tertiary/aromatic N) is 2. The molecule has 0 unspecified atom stereocenters. The number of aromatic hydroxyl groups is 2. The van der Waals surface area contributed by atoms with E-state index in [4.69, 9.17) is 4.74 Å². The summed E-state index contributed by atoms with van der Waals surface area (Å²) in [5.41, 5.74) is 3.06. The van der Waals surface area contributed by atoms with Crippen molar-refractivity contribution in [1.29, 1.82) is 0 Å². The van der Waals surface area contributed by atoms with Gasteiger partial charge in [0.1, 0.15) is 17.1 Å². The maximum absolute atomic E-state index is 13.1. The molecule has 7 heteroatoms. The lowest BCUT2D eigenvalue weighted by Gasteiger charge is -2.26. The molecule has 0 saturated heterocycles. The monoisotopic (exact) mass is 393 g/mol. The number of H-pyrrole nitrogens is 1. The number of ether oxygens (including phenoxy) is 1. The normalized spacial score (nSPS) is 15.6. The highest BCUT2D eigenvalue weighted by Crippen LogP contribution is 2.45. The van der Waals surface area contributed by atoms with Crippen LogP contribution in [0.25, 0.3) is 11.3 Å². The third-order valence-corrected chi connectivity index (χ3v) is 5.30. The summed E-state index contributed by atoms with van der Waals surface area (Å²) in [6.07, 6.45) is 1.81. The predicted octanol–water partition coefficient (Wildman–Crippen LogP) is 3.84. The van der Waals surface area contributed by atoms with Crippen LogP contribution in [0.3, 0.4) is 0 Å². The molecule has 150 valence electrons. The quantitative estimate of drug-likeness (QED) is 0.591. The molecule has 7 nitrogen and oxygen atoms in total. The van der Waals surface area contributed by atoms with Gasteiger partial charge in [0, 0.05) is 17.7 Å². The number of methoxy groups -OCH3 is 1. The predicted molar refractivity (Wildman–Crippen MR) is 108 cm³/mol. The summed E-state index contributed by atoms with van der Waals surface area (Å²) in [6, 6.07) is 11.6. The van der Waals surface area contributed by atoms with Gasteiger partial charge in [0.25, 0.3) is 5.91 Å². The summed E-state index contributed by atoms with van der Waals surface area (Å²) in [5.74, 6) is 0.350. The third-order valence-electron chi connectivity index (χ3n) is 5.30. The molecule has 4 rings (SSSR count). The number of hydrogen-bond acceptors (Lipinski definition) is 5. The van der Waals surface area contributed by atoms with Gasteiger partial charge in [-0.2, -0.15) is 5.10 Å². The van der Waals surface area contributed by atoms with Crippen molar-refractivity contribution in [3.8, 4) is 28.5 Å². The van der Waals surface area contributed by atoms with Crippen LogP contribution in [0.15, 0.2) is 42.5 Å². The fourth-order valence-electron chi connectivity index (χ4n) is 3.85. The molecule has 0 spiro atoms. The number of carbonyl (C=O) groups excluding carboxylic acids is 1. The first kappa shape index (κ1) is 18.9. The molecule has 0 fully saturated rings. The molecule has 0 aliphatic carbocycles. The first-order valence-corrected chi connectivity index (χ1v) is 9.61. The van der Waals surface area contributed by atoms with Crippen molar-refractivity contribution in [3.63, 3.8) is 0 Å². The molecule has 1 aliphatic rings. The minimum absolute atomic E-state index is 0.0361. The zero-order chi connectivity index (χ0) is 20.5. The van der Waals surface area contributed by atoms with E-state index in [1.807, 2.05) is 11.0 Å². The number of rotatable bonds is 6. The molecule has 0 radical (unpaired) electrons. The summed E-state index contributed by atoms with van der Waals surface area (Å²) >= 11 is 0. The van der Waals surface area contributed by atoms with E-state index in [9.17, 15) is 15.0 Å². The standard InChI is InChI=1S/C22H23N3O4/c1-3-4-11-25-21(13-9-10-16(27)17(12-13)29-2)18-19(23-24-20(18)22(25)28)14-7-5-6-8-15(14)26/h5-10,12,21,26-27H,3-4,11H2,1-2H3,(H,23,24)/t21-/m1/s1. The van der Waals surface area contributed by atoms with E-state index >= 15 is 0 Å². The van der Waals surface area contributed by atoms with Crippen molar-refractivity contribution in [2.75, 3.05) is 13.7 Å². The lowest BCUT2D eigenvalue weighted by atomic mass is 9.95. The Balaban J connectivity index is 1.90. The van der Waals surface area contributed by atoms with Crippen molar-refractivity contribution in [2.24, 2.45) is 0 Å². The highest BCUT2D eigenvalue weighted by Gasteiger charge is 2.42. The molecule has 1 amide bonds. The van der Waals surface area contributed by atoms with E-state index in [1.54, 1.807) is 36.4 Å². The average Bonchev–Trinajstić information content (AvgIpc) is 3.26. The Morgan fingerprint density at radius 1 is 1.17 bits per heavy atom. The summed E-state index contributed by atoms with van der Waals surface area (Å²) in [5, 5.41) is 27.6. The maximum Gasteiger partial charge on any atom is 0.273 e. The van der Waals surface area contributed by atoms with Gasteiger partial charge in [0.15, 0.2) is 11.5 Å². The third kappa shape index (κ3) is 3.08. The van der Waals surface area contributed by atoms with E-state index in [2.05, 4.69) is 17.1 Å². The number of fused-ring (bicyclic) bond motifs is 1. The van der Waals surface area contributed by atoms with Gasteiger partial charge in [-0.05, 0) is 36.2 Å². The average molecular weight is 393 g/mol. The molecule has 2 heterocycles. The van der Waals surface area contributed by atoms with Crippen LogP contribution in [0.2, 0.25) is 0 Å². The first-order chi connectivity index (χ1) is 14.1. The van der Waals surface area contributed by atoms with Gasteiger partial charge < -0.3 is 19.8 Å². The number of aromatic nitrogens is 2. The summed E-state index contributed by atoms with van der Waals surface area (Å²) in [4.78, 5) is 15.0. The minimum atomic E-state index is -0.396. The first-order valence-electron chi connectivity index (χ1n) is 9.61. The Bertz CT molecular complexity index is 1060. The van der Waals surface area contributed by atoms with Crippen LogP contribution in [0.5, 0.6) is 17.2 Å². The van der Waals surface area contributed by atoms with Crippen LogP contribution in [0.1, 0.15) is 47.4 Å². The van der Waals surface area contributed by atoms with Gasteiger partial charge in [-0.15, -0.1) is 0 Å². The summed E-state index contributed by atoms with van der Waals surface area (Å²) < 4.78 is 5.27. The van der Waals surface area contributed by atoms with E-state index in [1.165, 1.54) is 7.11 Å². The zero-order valence-corrected chi connectivity index (χ0v) is 16.3. The fourth-order valence-corrected chi connectivity index (χ4v) is 3.85. The number of unbranched alkanes of at least 4 members (excludes halogenated alkanes) is 1. The number of phenolic OH excluding ortho intramolecular Hbond substituents is 2. The maximum atomic E-state index is 13.1. The Morgan fingerprint density at radius 3 is 2.69 bits per heavy atom. The lowest BCUT2D eigenvalue weighted by molar-refractivity contribution is 0.0741. The topological polar surface area (TPSA) is 98.7 Å². The smallest absolute Gasteiger partial charge is 0.273 e. The molecule has 1 aromatic heterocycles. The van der Waals surface area contributed by atoms with Crippen LogP contribution in [0, 0.1) is 0 Å². The second-order valence-electron chi connectivity index (χ2n) is 7.06. The van der Waals surface area contributed by atoms with Gasteiger partial charge in [-0.25, -0.2) is 0 Å². The van der Waals surface area contributed by atoms with Crippen molar-refractivity contribution in [2.45, 2.75) is 25.8 Å². The SMILES string of the molecule is CCCCN1C(=O)c2[nH]nc(-c3ccccc3O)c2[C@H]1c1ccc(O)c(OC)c1. The largest absolute Gasteiger partial charge is 0.507 e. The second kappa shape index (κ2) is 7.50. The Morgan fingerprint density at radius 2 is 1.97 bits per heavy atom. The van der Waals surface area contributed by atoms with Crippen LogP contribution in [-0.4, -0.2) is 44.9 Å². The summed E-state index contributed by atoms with van der Waals surface area (Å²) in [7, 11) is 1.49. The van der Waals surface area contributed by atoms with Crippen LogP contribution >= 0.6 is 0 Å². The van der Waals surface area contributed by atoms with Crippen molar-refractivity contribution < 1.29 is 19.7 Å². The Labute approximate surface area is 168 Å². The molecule has 3 N–H and O–H groups in total. The molecule has 1 atom stereocenters. The molecular formula is C22H23N3O4. The molecule has 3 aromatic rings. The number of nitrogens with one attached hydrogen (secondary N) is 1. The highest BCUT2D eigenvalue weighted by molar-refractivity contribution is 6.00. The van der Waals surface area contributed by atoms with E-state index in [0.29, 0.717) is 29.2 Å². The fraction of sp³-hybridized carbons (Fsp3) is 0.273. The van der Waals surface area contributed by atoms with Crippen LogP contribution < -0.4 is 4.74 Å². The van der Waals surface area contributed by atoms with Crippen LogP contribution in [0.4, 0.5) is 0 Å². The minimum Gasteiger partial charge on any atom is -0.507 e. The molecule has 29 heavy (non-hydrogen) atoms. The number of amides is 1. The number of para-hydroxylation sites is 1. The Hall–Kier alpha value is -3.48. The molecule has 0 bridgehead atoms. The number of phenols is 2. The lowest BCUT2D eigenvalue weighted by Crippen LogP contribution is -2.30. The van der Waals surface area contributed by atoms with Crippen molar-refractivity contribution in [1.82, 2.24) is 15.1 Å². The number of aromatic amines is 1. The van der Waals surface area contributed by atoms with Gasteiger partial charge in [0.05, 0.1) is 13.2 Å². The van der Waals surface area contributed by atoms with Gasteiger partial charge in [0.2, 0.25) is 0 Å². The van der Waals surface area contributed by atoms with E-state index < -0.39 is 6.04 Å². The second-order valence-corrected chi connectivity index (χ2v) is 7.06. The highest BCUT2D eigenvalue weighted by atomic mass is 16.5. The van der Waals surface area contributed by atoms with E-state index in [0.717, 1.165) is 24.0 Å².